The highest BCUT2D eigenvalue weighted by Gasteiger charge is 2.37. The average molecular weight is 680 g/mol. The van der Waals surface area contributed by atoms with Crippen molar-refractivity contribution in [1.29, 1.82) is 5.26 Å². The van der Waals surface area contributed by atoms with E-state index in [-0.39, 0.29) is 5.41 Å². The first kappa shape index (κ1) is 31.9. The summed E-state index contributed by atoms with van der Waals surface area (Å²) in [5, 5.41) is 9.99. The molecule has 0 N–H and O–H groups in total. The minimum absolute atomic E-state index is 0.335. The SMILES string of the molecule is CC1(C)c2cc(-c3cc(-c4ccccn4)cc(-c4nc(-c5ccccc5)nc(-c5ccc(-c6ccccc6)cc5)n4)c3)ccc2-c2cccc(C#N)c21. The molecule has 0 spiro atoms. The van der Waals surface area contributed by atoms with Gasteiger partial charge in [-0.15, -0.1) is 0 Å². The molecular weight excluding hydrogens is 647 g/mol. The molecule has 2 aromatic heterocycles. The van der Waals surface area contributed by atoms with Gasteiger partial charge in [-0.2, -0.15) is 5.26 Å². The molecule has 0 radical (unpaired) electrons. The van der Waals surface area contributed by atoms with Gasteiger partial charge in [0.15, 0.2) is 17.5 Å². The maximum atomic E-state index is 9.99. The highest BCUT2D eigenvalue weighted by atomic mass is 15.0. The molecule has 0 saturated carbocycles. The number of hydrogen-bond acceptors (Lipinski definition) is 5. The first-order chi connectivity index (χ1) is 26.0. The van der Waals surface area contributed by atoms with Crippen LogP contribution in [0.25, 0.3) is 78.8 Å². The van der Waals surface area contributed by atoms with Crippen LogP contribution in [0, 0.1) is 11.3 Å². The van der Waals surface area contributed by atoms with E-state index < -0.39 is 0 Å². The standard InChI is InChI=1S/C48H33N5/c1-48(2)42-29-35(23-24-40(42)41-17-11-16-36(30-49)44(41)48)37-26-38(43-18-9-10-25-50-43)28-39(27-37)47-52-45(33-14-7-4-8-15-33)51-46(53-47)34-21-19-32(20-22-34)31-12-5-3-6-13-31/h3-29H,1-2H3. The third-order valence-corrected chi connectivity index (χ3v) is 10.2. The van der Waals surface area contributed by atoms with Crippen LogP contribution >= 0.6 is 0 Å². The normalized spacial score (nSPS) is 12.5. The van der Waals surface area contributed by atoms with E-state index in [2.05, 4.69) is 98.8 Å². The molecule has 5 nitrogen and oxygen atoms in total. The van der Waals surface area contributed by atoms with Crippen LogP contribution < -0.4 is 0 Å². The van der Waals surface area contributed by atoms with Gasteiger partial charge in [0.1, 0.15) is 0 Å². The third kappa shape index (κ3) is 5.77. The number of fused-ring (bicyclic) bond motifs is 3. The van der Waals surface area contributed by atoms with Crippen molar-refractivity contribution in [2.24, 2.45) is 0 Å². The monoisotopic (exact) mass is 679 g/mol. The lowest BCUT2D eigenvalue weighted by Gasteiger charge is -2.23. The van der Waals surface area contributed by atoms with Gasteiger partial charge in [0, 0.05) is 33.9 Å². The molecule has 2 heterocycles. The highest BCUT2D eigenvalue weighted by Crippen LogP contribution is 2.51. The molecule has 8 aromatic rings. The Morgan fingerprint density at radius 2 is 1.02 bits per heavy atom. The predicted octanol–water partition coefficient (Wildman–Crippen LogP) is 11.4. The Hall–Kier alpha value is -7.03. The quantitative estimate of drug-likeness (QED) is 0.175. The molecule has 0 bridgehead atoms. The van der Waals surface area contributed by atoms with E-state index in [0.717, 1.165) is 66.9 Å². The minimum atomic E-state index is -0.335. The molecule has 0 saturated heterocycles. The highest BCUT2D eigenvalue weighted by molar-refractivity contribution is 5.87. The van der Waals surface area contributed by atoms with Crippen molar-refractivity contribution in [1.82, 2.24) is 19.9 Å². The summed E-state index contributed by atoms with van der Waals surface area (Å²) < 4.78 is 0. The Labute approximate surface area is 309 Å². The second kappa shape index (κ2) is 12.9. The van der Waals surface area contributed by atoms with Crippen LogP contribution in [0.15, 0.2) is 164 Å². The van der Waals surface area contributed by atoms with Crippen molar-refractivity contribution in [3.63, 3.8) is 0 Å². The van der Waals surface area contributed by atoms with Crippen LogP contribution in [0.2, 0.25) is 0 Å². The maximum absolute atomic E-state index is 9.99. The molecule has 0 fully saturated rings. The predicted molar refractivity (Wildman–Crippen MR) is 213 cm³/mol. The molecule has 9 rings (SSSR count). The van der Waals surface area contributed by atoms with Gasteiger partial charge in [-0.1, -0.05) is 129 Å². The minimum Gasteiger partial charge on any atom is -0.256 e. The van der Waals surface area contributed by atoms with E-state index in [9.17, 15) is 5.26 Å². The summed E-state index contributed by atoms with van der Waals surface area (Å²) >= 11 is 0. The molecule has 0 unspecified atom stereocenters. The zero-order chi connectivity index (χ0) is 35.9. The fourth-order valence-corrected chi connectivity index (χ4v) is 7.55. The largest absolute Gasteiger partial charge is 0.256 e. The lowest BCUT2D eigenvalue weighted by Crippen LogP contribution is -2.16. The molecule has 53 heavy (non-hydrogen) atoms. The van der Waals surface area contributed by atoms with Crippen molar-refractivity contribution in [3.8, 4) is 84.9 Å². The Bertz CT molecular complexity index is 2680. The van der Waals surface area contributed by atoms with Crippen LogP contribution in [0.4, 0.5) is 0 Å². The fraction of sp³-hybridized carbons (Fsp3) is 0.0625. The molecule has 0 aliphatic heterocycles. The van der Waals surface area contributed by atoms with E-state index in [1.165, 1.54) is 11.1 Å². The first-order valence-corrected chi connectivity index (χ1v) is 17.7. The Balaban J connectivity index is 1.21. The van der Waals surface area contributed by atoms with Crippen LogP contribution in [0.3, 0.4) is 0 Å². The molecule has 5 heteroatoms. The van der Waals surface area contributed by atoms with Crippen molar-refractivity contribution >= 4 is 0 Å². The van der Waals surface area contributed by atoms with Crippen LogP contribution in [-0.4, -0.2) is 19.9 Å². The zero-order valence-electron chi connectivity index (χ0n) is 29.3. The van der Waals surface area contributed by atoms with Crippen molar-refractivity contribution in [2.45, 2.75) is 19.3 Å². The van der Waals surface area contributed by atoms with Crippen LogP contribution in [-0.2, 0) is 5.41 Å². The number of aromatic nitrogens is 4. The van der Waals surface area contributed by atoms with Crippen molar-refractivity contribution < 1.29 is 0 Å². The summed E-state index contributed by atoms with van der Waals surface area (Å²) in [5.41, 5.74) is 13.8. The number of nitrogens with zero attached hydrogens (tertiary/aromatic N) is 5. The van der Waals surface area contributed by atoms with Gasteiger partial charge >= 0.3 is 0 Å². The lowest BCUT2D eigenvalue weighted by atomic mass is 9.79. The third-order valence-electron chi connectivity index (χ3n) is 10.2. The number of pyridine rings is 1. The van der Waals surface area contributed by atoms with E-state index >= 15 is 0 Å². The van der Waals surface area contributed by atoms with Gasteiger partial charge in [-0.05, 0) is 87.0 Å². The summed E-state index contributed by atoms with van der Waals surface area (Å²) in [6.07, 6.45) is 1.82. The van der Waals surface area contributed by atoms with Crippen molar-refractivity contribution in [3.05, 3.63) is 181 Å². The van der Waals surface area contributed by atoms with Gasteiger partial charge in [0.2, 0.25) is 0 Å². The molecule has 0 amide bonds. The molecule has 6 aromatic carbocycles. The smallest absolute Gasteiger partial charge is 0.164 e. The Kier molecular flexibility index (Phi) is 7.79. The second-order valence-electron chi connectivity index (χ2n) is 13.9. The van der Waals surface area contributed by atoms with Gasteiger partial charge in [0.05, 0.1) is 17.3 Å². The van der Waals surface area contributed by atoms with Gasteiger partial charge in [-0.3, -0.25) is 4.98 Å². The topological polar surface area (TPSA) is 75.3 Å². The van der Waals surface area contributed by atoms with E-state index in [0.29, 0.717) is 17.5 Å². The Morgan fingerprint density at radius 1 is 0.453 bits per heavy atom. The number of benzene rings is 6. The summed E-state index contributed by atoms with van der Waals surface area (Å²) in [5.74, 6) is 1.78. The number of rotatable bonds is 6. The number of hydrogen-bond donors (Lipinski definition) is 0. The summed E-state index contributed by atoms with van der Waals surface area (Å²) in [4.78, 5) is 19.9. The first-order valence-electron chi connectivity index (χ1n) is 17.7. The average Bonchev–Trinajstić information content (AvgIpc) is 3.47. The summed E-state index contributed by atoms with van der Waals surface area (Å²) in [6, 6.07) is 56.3. The molecular formula is C48H33N5. The molecule has 250 valence electrons. The van der Waals surface area contributed by atoms with Crippen LogP contribution in [0.1, 0.15) is 30.5 Å². The molecule has 0 atom stereocenters. The van der Waals surface area contributed by atoms with Crippen molar-refractivity contribution in [2.75, 3.05) is 0 Å². The van der Waals surface area contributed by atoms with E-state index in [4.69, 9.17) is 19.9 Å². The van der Waals surface area contributed by atoms with Gasteiger partial charge < -0.3 is 0 Å². The zero-order valence-corrected chi connectivity index (χ0v) is 29.3. The second-order valence-corrected chi connectivity index (χ2v) is 13.9. The van der Waals surface area contributed by atoms with Gasteiger partial charge in [0.25, 0.3) is 0 Å². The van der Waals surface area contributed by atoms with Crippen LogP contribution in [0.5, 0.6) is 0 Å². The lowest BCUT2D eigenvalue weighted by molar-refractivity contribution is 0.658. The number of nitriles is 1. The van der Waals surface area contributed by atoms with E-state index in [1.807, 2.05) is 85.1 Å². The Morgan fingerprint density at radius 3 is 1.70 bits per heavy atom. The van der Waals surface area contributed by atoms with Gasteiger partial charge in [-0.25, -0.2) is 15.0 Å². The summed E-state index contributed by atoms with van der Waals surface area (Å²) in [7, 11) is 0. The fourth-order valence-electron chi connectivity index (χ4n) is 7.55. The maximum Gasteiger partial charge on any atom is 0.164 e. The molecule has 1 aliphatic carbocycles. The van der Waals surface area contributed by atoms with E-state index in [1.54, 1.807) is 0 Å². The summed E-state index contributed by atoms with van der Waals surface area (Å²) in [6.45, 7) is 4.42. The molecule has 1 aliphatic rings.